The topological polar surface area (TPSA) is 70.5 Å². The summed E-state index contributed by atoms with van der Waals surface area (Å²) < 4.78 is 0. The number of amides is 1. The smallest absolute Gasteiger partial charge is 0.259 e. The third kappa shape index (κ3) is 3.65. The van der Waals surface area contributed by atoms with Crippen molar-refractivity contribution in [2.45, 2.75) is 25.7 Å². The maximum atomic E-state index is 12.7. The highest BCUT2D eigenvalue weighted by molar-refractivity contribution is 7.13. The zero-order valence-electron chi connectivity index (χ0n) is 16.0. The van der Waals surface area contributed by atoms with Gasteiger partial charge < -0.3 is 4.90 Å². The van der Waals surface area contributed by atoms with E-state index in [0.717, 1.165) is 47.9 Å². The summed E-state index contributed by atoms with van der Waals surface area (Å²) in [6, 6.07) is 9.91. The zero-order chi connectivity index (χ0) is 19.6. The molecule has 4 heterocycles. The van der Waals surface area contributed by atoms with Gasteiger partial charge in [-0.05, 0) is 43.0 Å². The number of carbonyl (C=O) groups excluding carboxylic acids is 1. The van der Waals surface area contributed by atoms with Crippen LogP contribution in [0.2, 0.25) is 0 Å². The summed E-state index contributed by atoms with van der Waals surface area (Å²) in [5, 5.41) is 5.29. The number of carbonyl (C=O) groups is 1. The Labute approximate surface area is 173 Å². The summed E-state index contributed by atoms with van der Waals surface area (Å²) in [5.74, 6) is 0.841. The number of hydrogen-bond donors (Lipinski definition) is 1. The Bertz CT molecular complexity index is 1070. The molecule has 146 valence electrons. The van der Waals surface area contributed by atoms with Gasteiger partial charge >= 0.3 is 0 Å². The molecule has 0 radical (unpaired) electrons. The van der Waals surface area contributed by atoms with Gasteiger partial charge in [-0.3, -0.25) is 15.1 Å². The van der Waals surface area contributed by atoms with Gasteiger partial charge in [0, 0.05) is 42.8 Å². The van der Waals surface area contributed by atoms with E-state index in [2.05, 4.69) is 26.3 Å². The number of piperidine rings is 1. The second kappa shape index (κ2) is 7.75. The molecule has 0 unspecified atom stereocenters. The fraction of sp³-hybridized carbons (Fsp3) is 0.273. The van der Waals surface area contributed by atoms with Crippen molar-refractivity contribution in [1.29, 1.82) is 0 Å². The minimum absolute atomic E-state index is 0.175. The number of aliphatic imine (C=N–C) groups is 1. The predicted molar refractivity (Wildman–Crippen MR) is 117 cm³/mol. The molecule has 0 aliphatic carbocycles. The third-order valence-corrected chi connectivity index (χ3v) is 6.07. The van der Waals surface area contributed by atoms with Crippen LogP contribution in [0.5, 0.6) is 0 Å². The van der Waals surface area contributed by atoms with Crippen molar-refractivity contribution >= 4 is 39.6 Å². The summed E-state index contributed by atoms with van der Waals surface area (Å²) in [7, 11) is 0. The number of aromatic nitrogens is 2. The molecular formula is C22H21N5OS. The second-order valence-electron chi connectivity index (χ2n) is 7.29. The normalized spacial score (nSPS) is 15.7. The van der Waals surface area contributed by atoms with Crippen LogP contribution in [0, 0.1) is 0 Å². The van der Waals surface area contributed by atoms with Crippen LogP contribution in [0.15, 0.2) is 53.1 Å². The van der Waals surface area contributed by atoms with Gasteiger partial charge in [0.15, 0.2) is 5.13 Å². The molecule has 6 nitrogen and oxygen atoms in total. The minimum Gasteiger partial charge on any atom is -0.357 e. The van der Waals surface area contributed by atoms with Crippen LogP contribution in [0.25, 0.3) is 0 Å². The van der Waals surface area contributed by atoms with Gasteiger partial charge in [0.2, 0.25) is 0 Å². The van der Waals surface area contributed by atoms with Crippen LogP contribution in [0.4, 0.5) is 16.6 Å². The molecule has 1 aromatic carbocycles. The van der Waals surface area contributed by atoms with Crippen LogP contribution in [0.3, 0.4) is 0 Å². The summed E-state index contributed by atoms with van der Waals surface area (Å²) in [4.78, 5) is 28.6. The van der Waals surface area contributed by atoms with E-state index in [-0.39, 0.29) is 5.91 Å². The van der Waals surface area contributed by atoms with Crippen molar-refractivity contribution in [3.8, 4) is 0 Å². The number of benzene rings is 1. The van der Waals surface area contributed by atoms with E-state index < -0.39 is 0 Å². The van der Waals surface area contributed by atoms with Crippen LogP contribution in [0.1, 0.15) is 40.7 Å². The molecule has 1 fully saturated rings. The number of nitrogens with one attached hydrogen (secondary N) is 1. The number of anilines is 2. The van der Waals surface area contributed by atoms with E-state index in [1.54, 1.807) is 6.20 Å². The van der Waals surface area contributed by atoms with Crippen molar-refractivity contribution < 1.29 is 4.79 Å². The lowest BCUT2D eigenvalue weighted by molar-refractivity contribution is 0.102. The molecule has 1 amide bonds. The maximum Gasteiger partial charge on any atom is 0.259 e. The van der Waals surface area contributed by atoms with Crippen LogP contribution >= 0.6 is 11.3 Å². The van der Waals surface area contributed by atoms with E-state index in [1.165, 1.54) is 30.6 Å². The van der Waals surface area contributed by atoms with Crippen molar-refractivity contribution in [3.05, 3.63) is 64.8 Å². The first kappa shape index (κ1) is 18.0. The standard InChI is InChI=1S/C22H21N5OS/c28-21(26-22-24-9-12-29-22)17-6-4-5-16-13-18(25-20(16)17)15-7-8-23-19(14-15)27-10-2-1-3-11-27/h4-9,12,14H,1-3,10-11,13H2,(H,24,26,28). The Morgan fingerprint density at radius 1 is 1.07 bits per heavy atom. The van der Waals surface area contributed by atoms with Gasteiger partial charge in [-0.15, -0.1) is 11.3 Å². The number of rotatable bonds is 4. The maximum absolute atomic E-state index is 12.7. The highest BCUT2D eigenvalue weighted by Gasteiger charge is 2.23. The molecule has 2 aliphatic heterocycles. The number of pyridine rings is 1. The van der Waals surface area contributed by atoms with Crippen LogP contribution < -0.4 is 10.2 Å². The average molecular weight is 404 g/mol. The Morgan fingerprint density at radius 3 is 2.79 bits per heavy atom. The molecule has 1 saturated heterocycles. The Hall–Kier alpha value is -3.06. The SMILES string of the molecule is O=C(Nc1nccs1)c1cccc2c1N=C(c1ccnc(N3CCCCC3)c1)C2. The fourth-order valence-electron chi connectivity index (χ4n) is 3.91. The average Bonchev–Trinajstić information content (AvgIpc) is 3.44. The number of fused-ring (bicyclic) bond motifs is 1. The van der Waals surface area contributed by atoms with Gasteiger partial charge in [-0.1, -0.05) is 12.1 Å². The van der Waals surface area contributed by atoms with Crippen molar-refractivity contribution in [2.24, 2.45) is 4.99 Å². The van der Waals surface area contributed by atoms with Gasteiger partial charge in [0.05, 0.1) is 17.0 Å². The van der Waals surface area contributed by atoms with E-state index in [1.807, 2.05) is 35.8 Å². The van der Waals surface area contributed by atoms with Crippen molar-refractivity contribution in [2.75, 3.05) is 23.3 Å². The summed E-state index contributed by atoms with van der Waals surface area (Å²) in [6.45, 7) is 2.12. The van der Waals surface area contributed by atoms with E-state index in [9.17, 15) is 4.79 Å². The zero-order valence-corrected chi connectivity index (χ0v) is 16.8. The van der Waals surface area contributed by atoms with E-state index in [0.29, 0.717) is 10.7 Å². The number of hydrogen-bond acceptors (Lipinski definition) is 6. The molecule has 29 heavy (non-hydrogen) atoms. The van der Waals surface area contributed by atoms with Crippen molar-refractivity contribution in [1.82, 2.24) is 9.97 Å². The van der Waals surface area contributed by atoms with Gasteiger partial charge in [0.1, 0.15) is 5.82 Å². The lowest BCUT2D eigenvalue weighted by Gasteiger charge is -2.27. The van der Waals surface area contributed by atoms with Gasteiger partial charge in [0.25, 0.3) is 5.91 Å². The largest absolute Gasteiger partial charge is 0.357 e. The third-order valence-electron chi connectivity index (χ3n) is 5.38. The monoisotopic (exact) mass is 403 g/mol. The number of para-hydroxylation sites is 1. The van der Waals surface area contributed by atoms with E-state index in [4.69, 9.17) is 4.99 Å². The highest BCUT2D eigenvalue weighted by atomic mass is 32.1. The molecule has 2 aliphatic rings. The second-order valence-corrected chi connectivity index (χ2v) is 8.18. The Kier molecular flexibility index (Phi) is 4.81. The first-order chi connectivity index (χ1) is 14.3. The molecule has 0 bridgehead atoms. The summed E-state index contributed by atoms with van der Waals surface area (Å²) in [6.07, 6.45) is 7.99. The quantitative estimate of drug-likeness (QED) is 0.698. The van der Waals surface area contributed by atoms with Gasteiger partial charge in [-0.25, -0.2) is 9.97 Å². The molecule has 0 saturated carbocycles. The minimum atomic E-state index is -0.175. The lowest BCUT2D eigenvalue weighted by Crippen LogP contribution is -2.30. The Balaban J connectivity index is 1.43. The van der Waals surface area contributed by atoms with Crippen LogP contribution in [-0.4, -0.2) is 34.7 Å². The van der Waals surface area contributed by atoms with Crippen LogP contribution in [-0.2, 0) is 6.42 Å². The molecule has 3 aromatic rings. The molecule has 5 rings (SSSR count). The molecular weight excluding hydrogens is 382 g/mol. The molecule has 7 heteroatoms. The summed E-state index contributed by atoms with van der Waals surface area (Å²) in [5.41, 5.74) is 4.47. The predicted octanol–water partition coefficient (Wildman–Crippen LogP) is 4.46. The highest BCUT2D eigenvalue weighted by Crippen LogP contribution is 2.33. The first-order valence-corrected chi connectivity index (χ1v) is 10.8. The van der Waals surface area contributed by atoms with Gasteiger partial charge in [-0.2, -0.15) is 0 Å². The molecule has 0 atom stereocenters. The van der Waals surface area contributed by atoms with Crippen molar-refractivity contribution in [3.63, 3.8) is 0 Å². The molecule has 1 N–H and O–H groups in total. The Morgan fingerprint density at radius 2 is 1.97 bits per heavy atom. The number of nitrogens with zero attached hydrogens (tertiary/aromatic N) is 4. The van der Waals surface area contributed by atoms with E-state index >= 15 is 0 Å². The first-order valence-electron chi connectivity index (χ1n) is 9.89. The molecule has 0 spiro atoms. The number of thiazole rings is 1. The lowest BCUT2D eigenvalue weighted by atomic mass is 10.0. The molecule has 2 aromatic heterocycles. The summed E-state index contributed by atoms with van der Waals surface area (Å²) >= 11 is 1.40. The fourth-order valence-corrected chi connectivity index (χ4v) is 4.44.